The summed E-state index contributed by atoms with van der Waals surface area (Å²) in [5.74, 6) is 0.611. The number of nitrogens with zero attached hydrogens (tertiary/aromatic N) is 3. The van der Waals surface area contributed by atoms with Gasteiger partial charge in [-0.2, -0.15) is 0 Å². The molecule has 4 aromatic heterocycles. The van der Waals surface area contributed by atoms with E-state index in [0.29, 0.717) is 11.5 Å². The number of hydrogen-bond donors (Lipinski definition) is 0. The van der Waals surface area contributed by atoms with E-state index >= 15 is 0 Å². The van der Waals surface area contributed by atoms with Crippen LogP contribution in [-0.4, -0.2) is 14.5 Å². The van der Waals surface area contributed by atoms with Crippen molar-refractivity contribution in [2.45, 2.75) is 19.3 Å². The van der Waals surface area contributed by atoms with E-state index in [1.54, 1.807) is 0 Å². The van der Waals surface area contributed by atoms with Gasteiger partial charge in [0.15, 0.2) is 5.58 Å². The Labute approximate surface area is 296 Å². The number of benzene rings is 7. The Bertz CT molecular complexity index is 3450. The van der Waals surface area contributed by atoms with Gasteiger partial charge in [-0.1, -0.05) is 98.8 Å². The highest BCUT2D eigenvalue weighted by Crippen LogP contribution is 2.52. The summed E-state index contributed by atoms with van der Waals surface area (Å²) in [5, 5.41) is 8.10. The van der Waals surface area contributed by atoms with Crippen molar-refractivity contribution in [3.8, 4) is 39.5 Å². The lowest BCUT2D eigenvalue weighted by Gasteiger charge is -2.21. The first-order valence-electron chi connectivity index (χ1n) is 17.8. The fraction of sp³-hybridized carbons (Fsp3) is 0.0638. The van der Waals surface area contributed by atoms with E-state index in [9.17, 15) is 0 Å². The van der Waals surface area contributed by atoms with Crippen LogP contribution in [0.15, 0.2) is 136 Å². The minimum absolute atomic E-state index is 0.0893. The molecule has 0 atom stereocenters. The van der Waals surface area contributed by atoms with Gasteiger partial charge in [-0.15, -0.1) is 0 Å². The molecular weight excluding hydrogens is 639 g/mol. The van der Waals surface area contributed by atoms with Crippen molar-refractivity contribution >= 4 is 76.6 Å². The molecule has 11 aromatic rings. The lowest BCUT2D eigenvalue weighted by atomic mass is 9.82. The molecule has 13 rings (SSSR count). The number of para-hydroxylation sites is 1. The zero-order valence-electron chi connectivity index (χ0n) is 28.3. The van der Waals surface area contributed by atoms with E-state index in [-0.39, 0.29) is 5.41 Å². The van der Waals surface area contributed by atoms with Gasteiger partial charge in [-0.3, -0.25) is 4.57 Å². The first-order valence-corrected chi connectivity index (χ1v) is 17.8. The number of rotatable bonds is 2. The van der Waals surface area contributed by atoms with Crippen molar-refractivity contribution < 1.29 is 8.83 Å². The predicted octanol–water partition coefficient (Wildman–Crippen LogP) is 12.5. The van der Waals surface area contributed by atoms with E-state index in [2.05, 4.69) is 128 Å². The minimum Gasteiger partial charge on any atom is -0.456 e. The van der Waals surface area contributed by atoms with Gasteiger partial charge >= 0.3 is 0 Å². The summed E-state index contributed by atoms with van der Waals surface area (Å²) in [6.45, 7) is 4.62. The van der Waals surface area contributed by atoms with Crippen LogP contribution < -0.4 is 0 Å². The highest BCUT2D eigenvalue weighted by Gasteiger charge is 2.36. The first-order chi connectivity index (χ1) is 25.5. The predicted molar refractivity (Wildman–Crippen MR) is 210 cm³/mol. The Morgan fingerprint density at radius 3 is 2.15 bits per heavy atom. The summed E-state index contributed by atoms with van der Waals surface area (Å²) in [4.78, 5) is 10.9. The topological polar surface area (TPSA) is 57.0 Å². The third-order valence-electron chi connectivity index (χ3n) is 12.0. The quantitative estimate of drug-likeness (QED) is 0.184. The van der Waals surface area contributed by atoms with Gasteiger partial charge in [-0.05, 0) is 86.6 Å². The van der Waals surface area contributed by atoms with E-state index in [0.717, 1.165) is 60.7 Å². The van der Waals surface area contributed by atoms with E-state index < -0.39 is 0 Å². The summed E-state index contributed by atoms with van der Waals surface area (Å²) >= 11 is 0. The average molecular weight is 666 g/mol. The number of furan rings is 2. The van der Waals surface area contributed by atoms with Crippen LogP contribution in [0.4, 0.5) is 0 Å². The Morgan fingerprint density at radius 1 is 0.519 bits per heavy atom. The molecule has 0 spiro atoms. The second-order valence-corrected chi connectivity index (χ2v) is 14.9. The standard InChI is InChI=1S/C47H27N3O2/c1-47(2)31-14-5-3-10-26(31)30-23-25(17-19-32(30)47)43-45-44(29-11-4-6-15-35(29)52-45)49-46(48-43)50-33-20-18-24-9-7-12-27-28-13-8-16-36-39(28)42-37(51-36)22-21-34(50)41(42)40(33)38(24)27/h3-23H,1-2H3. The Morgan fingerprint density at radius 2 is 1.23 bits per heavy atom. The molecule has 5 heteroatoms. The highest BCUT2D eigenvalue weighted by atomic mass is 16.3. The maximum atomic E-state index is 6.63. The molecule has 0 aliphatic heterocycles. The third-order valence-corrected chi connectivity index (χ3v) is 12.0. The lowest BCUT2D eigenvalue weighted by molar-refractivity contribution is 0.660. The SMILES string of the molecule is CC1(C)c2ccccc2-c2cc(-c3nc(-n4c5ccc6cccc7c6c5c5c6c(ccc54)oc4cccc-7c46)nc4c3oc3ccccc34)ccc21. The number of fused-ring (bicyclic) bond motifs is 7. The van der Waals surface area contributed by atoms with Crippen molar-refractivity contribution in [1.29, 1.82) is 0 Å². The van der Waals surface area contributed by atoms with E-state index in [1.807, 2.05) is 18.2 Å². The average Bonchev–Trinajstić information content (AvgIpc) is 3.88. The normalized spacial score (nSPS) is 14.1. The molecule has 0 N–H and O–H groups in total. The monoisotopic (exact) mass is 665 g/mol. The molecule has 0 unspecified atom stereocenters. The Balaban J connectivity index is 1.18. The first kappa shape index (κ1) is 27.1. The molecule has 0 saturated heterocycles. The molecule has 0 radical (unpaired) electrons. The van der Waals surface area contributed by atoms with E-state index in [4.69, 9.17) is 18.8 Å². The van der Waals surface area contributed by atoms with Crippen LogP contribution in [0.3, 0.4) is 0 Å². The smallest absolute Gasteiger partial charge is 0.236 e. The molecule has 0 fully saturated rings. The fourth-order valence-electron chi connectivity index (χ4n) is 9.68. The summed E-state index contributed by atoms with van der Waals surface area (Å²) in [6.07, 6.45) is 0. The molecule has 0 saturated carbocycles. The van der Waals surface area contributed by atoms with Gasteiger partial charge in [0.25, 0.3) is 0 Å². The summed E-state index contributed by atoms with van der Waals surface area (Å²) in [6, 6.07) is 45.5. The van der Waals surface area contributed by atoms with Crippen molar-refractivity contribution in [2.75, 3.05) is 0 Å². The summed E-state index contributed by atoms with van der Waals surface area (Å²) in [7, 11) is 0. The molecule has 2 aliphatic carbocycles. The second kappa shape index (κ2) is 8.95. The van der Waals surface area contributed by atoms with Crippen LogP contribution in [0.25, 0.3) is 116 Å². The van der Waals surface area contributed by atoms with E-state index in [1.165, 1.54) is 54.9 Å². The molecule has 7 aromatic carbocycles. The van der Waals surface area contributed by atoms with Gasteiger partial charge in [0.05, 0.1) is 11.0 Å². The van der Waals surface area contributed by atoms with Gasteiger partial charge in [0.1, 0.15) is 28.0 Å². The molecule has 242 valence electrons. The molecule has 52 heavy (non-hydrogen) atoms. The van der Waals surface area contributed by atoms with Gasteiger partial charge in [0.2, 0.25) is 5.95 Å². The third kappa shape index (κ3) is 3.09. The van der Waals surface area contributed by atoms with Gasteiger partial charge in [-0.25, -0.2) is 9.97 Å². The minimum atomic E-state index is -0.0893. The Hall–Kier alpha value is -6.72. The van der Waals surface area contributed by atoms with Crippen molar-refractivity contribution in [3.63, 3.8) is 0 Å². The van der Waals surface area contributed by atoms with Crippen molar-refractivity contribution in [1.82, 2.24) is 14.5 Å². The molecule has 0 bridgehead atoms. The lowest BCUT2D eigenvalue weighted by Crippen LogP contribution is -2.14. The van der Waals surface area contributed by atoms with Gasteiger partial charge < -0.3 is 8.83 Å². The zero-order chi connectivity index (χ0) is 34.0. The maximum absolute atomic E-state index is 6.63. The summed E-state index contributed by atoms with van der Waals surface area (Å²) in [5.41, 5.74) is 15.5. The van der Waals surface area contributed by atoms with Crippen LogP contribution in [-0.2, 0) is 5.41 Å². The zero-order valence-corrected chi connectivity index (χ0v) is 28.3. The second-order valence-electron chi connectivity index (χ2n) is 14.9. The molecule has 0 amide bonds. The van der Waals surface area contributed by atoms with Crippen LogP contribution in [0.5, 0.6) is 0 Å². The van der Waals surface area contributed by atoms with Crippen LogP contribution in [0.1, 0.15) is 25.0 Å². The van der Waals surface area contributed by atoms with Crippen LogP contribution in [0.2, 0.25) is 0 Å². The fourth-order valence-corrected chi connectivity index (χ4v) is 9.68. The molecule has 2 aliphatic rings. The number of hydrogen-bond acceptors (Lipinski definition) is 4. The summed E-state index contributed by atoms with van der Waals surface area (Å²) < 4.78 is 15.4. The number of aromatic nitrogens is 3. The molecular formula is C47H27N3O2. The largest absolute Gasteiger partial charge is 0.456 e. The van der Waals surface area contributed by atoms with Gasteiger partial charge in [0, 0.05) is 37.9 Å². The van der Waals surface area contributed by atoms with Crippen LogP contribution >= 0.6 is 0 Å². The van der Waals surface area contributed by atoms with Crippen LogP contribution in [0, 0.1) is 0 Å². The molecule has 4 heterocycles. The highest BCUT2D eigenvalue weighted by molar-refractivity contribution is 6.38. The maximum Gasteiger partial charge on any atom is 0.236 e. The van der Waals surface area contributed by atoms with Crippen molar-refractivity contribution in [2.24, 2.45) is 0 Å². The molecule has 5 nitrogen and oxygen atoms in total. The van der Waals surface area contributed by atoms with Crippen molar-refractivity contribution in [3.05, 3.63) is 139 Å². The Kier molecular flexibility index (Phi) is 4.66.